The molecule has 0 aliphatic heterocycles. The SMILES string of the molecule is CCC(CNc1ncnc2c1c(Br)nn2C)Oc1ccccc1C. The molecule has 0 aliphatic carbocycles. The smallest absolute Gasteiger partial charge is 0.164 e. The minimum Gasteiger partial charge on any atom is -0.488 e. The summed E-state index contributed by atoms with van der Waals surface area (Å²) in [6, 6.07) is 8.05. The molecule has 0 aliphatic rings. The third kappa shape index (κ3) is 3.36. The summed E-state index contributed by atoms with van der Waals surface area (Å²) in [5, 5.41) is 8.59. The highest BCUT2D eigenvalue weighted by molar-refractivity contribution is 9.10. The van der Waals surface area contributed by atoms with Gasteiger partial charge in [0.2, 0.25) is 0 Å². The van der Waals surface area contributed by atoms with E-state index in [0.717, 1.165) is 39.2 Å². The zero-order valence-corrected chi connectivity index (χ0v) is 15.5. The maximum atomic E-state index is 6.13. The summed E-state index contributed by atoms with van der Waals surface area (Å²) in [7, 11) is 1.86. The third-order valence-corrected chi connectivity index (χ3v) is 4.47. The van der Waals surface area contributed by atoms with Crippen molar-refractivity contribution in [1.82, 2.24) is 19.7 Å². The minimum atomic E-state index is 0.0477. The van der Waals surface area contributed by atoms with E-state index in [4.69, 9.17) is 4.74 Å². The quantitative estimate of drug-likeness (QED) is 0.695. The number of halogens is 1. The molecule has 3 aromatic rings. The van der Waals surface area contributed by atoms with Gasteiger partial charge in [-0.3, -0.25) is 0 Å². The minimum absolute atomic E-state index is 0.0477. The number of anilines is 1. The molecule has 0 saturated carbocycles. The van der Waals surface area contributed by atoms with Crippen molar-refractivity contribution in [2.45, 2.75) is 26.4 Å². The van der Waals surface area contributed by atoms with Gasteiger partial charge in [0.15, 0.2) is 5.65 Å². The van der Waals surface area contributed by atoms with Crippen LogP contribution in [-0.2, 0) is 7.05 Å². The van der Waals surface area contributed by atoms with Gasteiger partial charge in [-0.25, -0.2) is 14.6 Å². The monoisotopic (exact) mass is 389 g/mol. The molecule has 3 rings (SSSR count). The van der Waals surface area contributed by atoms with Gasteiger partial charge in [-0.1, -0.05) is 25.1 Å². The molecule has 126 valence electrons. The first-order valence-corrected chi connectivity index (χ1v) is 8.68. The van der Waals surface area contributed by atoms with Crippen LogP contribution in [0.5, 0.6) is 5.75 Å². The number of nitrogens with zero attached hydrogens (tertiary/aromatic N) is 4. The van der Waals surface area contributed by atoms with E-state index in [0.29, 0.717) is 6.54 Å². The largest absolute Gasteiger partial charge is 0.488 e. The van der Waals surface area contributed by atoms with Crippen molar-refractivity contribution in [3.8, 4) is 5.75 Å². The lowest BCUT2D eigenvalue weighted by Gasteiger charge is -2.20. The van der Waals surface area contributed by atoms with E-state index >= 15 is 0 Å². The van der Waals surface area contributed by atoms with Crippen LogP contribution in [0.4, 0.5) is 5.82 Å². The zero-order valence-electron chi connectivity index (χ0n) is 14.0. The standard InChI is InChI=1S/C17H20BrN5O/c1-4-12(24-13-8-6-5-7-11(13)2)9-19-16-14-15(18)22-23(3)17(14)21-10-20-16/h5-8,10,12H,4,9H2,1-3H3,(H,19,20,21). The Bertz CT molecular complexity index is 848. The summed E-state index contributed by atoms with van der Waals surface area (Å²) in [6.07, 6.45) is 2.48. The molecule has 1 N–H and O–H groups in total. The van der Waals surface area contributed by atoms with Crippen LogP contribution in [0.1, 0.15) is 18.9 Å². The number of benzene rings is 1. The fourth-order valence-corrected chi connectivity index (χ4v) is 3.13. The number of hydrogen-bond acceptors (Lipinski definition) is 5. The van der Waals surface area contributed by atoms with Gasteiger partial charge in [-0.05, 0) is 40.9 Å². The predicted octanol–water partition coefficient (Wildman–Crippen LogP) is 3.70. The first-order valence-electron chi connectivity index (χ1n) is 7.89. The third-order valence-electron chi connectivity index (χ3n) is 3.92. The number of para-hydroxylation sites is 1. The van der Waals surface area contributed by atoms with E-state index in [9.17, 15) is 0 Å². The lowest BCUT2D eigenvalue weighted by atomic mass is 10.2. The van der Waals surface area contributed by atoms with E-state index in [1.807, 2.05) is 25.2 Å². The Hall–Kier alpha value is -2.15. The predicted molar refractivity (Wildman–Crippen MR) is 98.4 cm³/mol. The molecule has 6 nitrogen and oxygen atoms in total. The molecule has 0 bridgehead atoms. The van der Waals surface area contributed by atoms with Gasteiger partial charge in [0, 0.05) is 7.05 Å². The van der Waals surface area contributed by atoms with Crippen molar-refractivity contribution < 1.29 is 4.74 Å². The Balaban J connectivity index is 1.76. The van der Waals surface area contributed by atoms with Crippen LogP contribution in [0, 0.1) is 6.92 Å². The number of rotatable bonds is 6. The van der Waals surface area contributed by atoms with Crippen molar-refractivity contribution in [2.75, 3.05) is 11.9 Å². The number of nitrogens with one attached hydrogen (secondary N) is 1. The van der Waals surface area contributed by atoms with E-state index in [1.54, 1.807) is 11.0 Å². The first kappa shape index (κ1) is 16.7. The summed E-state index contributed by atoms with van der Waals surface area (Å²) in [5.74, 6) is 1.67. The topological polar surface area (TPSA) is 64.9 Å². The second kappa shape index (κ2) is 7.17. The normalized spacial score (nSPS) is 12.3. The van der Waals surface area contributed by atoms with Gasteiger partial charge in [-0.15, -0.1) is 0 Å². The van der Waals surface area contributed by atoms with Crippen LogP contribution in [0.25, 0.3) is 11.0 Å². The molecule has 0 saturated heterocycles. The van der Waals surface area contributed by atoms with Crippen LogP contribution in [0.15, 0.2) is 35.2 Å². The summed E-state index contributed by atoms with van der Waals surface area (Å²) in [6.45, 7) is 4.81. The lowest BCUT2D eigenvalue weighted by molar-refractivity contribution is 0.208. The Labute approximate surface area is 149 Å². The molecule has 0 spiro atoms. The molecular formula is C17H20BrN5O. The number of aromatic nitrogens is 4. The molecule has 0 radical (unpaired) electrons. The molecule has 7 heteroatoms. The summed E-state index contributed by atoms with van der Waals surface area (Å²) in [5.41, 5.74) is 1.92. The molecular weight excluding hydrogens is 370 g/mol. The number of fused-ring (bicyclic) bond motifs is 1. The zero-order chi connectivity index (χ0) is 17.1. The summed E-state index contributed by atoms with van der Waals surface area (Å²) in [4.78, 5) is 8.63. The van der Waals surface area contributed by atoms with Gasteiger partial charge in [-0.2, -0.15) is 5.10 Å². The van der Waals surface area contributed by atoms with Gasteiger partial charge in [0.1, 0.15) is 28.6 Å². The average molecular weight is 390 g/mol. The maximum absolute atomic E-state index is 6.13. The van der Waals surface area contributed by atoms with E-state index < -0.39 is 0 Å². The Morgan fingerprint density at radius 1 is 1.29 bits per heavy atom. The van der Waals surface area contributed by atoms with Crippen LogP contribution in [0.2, 0.25) is 0 Å². The van der Waals surface area contributed by atoms with Crippen molar-refractivity contribution >= 4 is 32.8 Å². The maximum Gasteiger partial charge on any atom is 0.164 e. The number of aryl methyl sites for hydroxylation is 2. The fourth-order valence-electron chi connectivity index (χ4n) is 2.52. The highest BCUT2D eigenvalue weighted by Crippen LogP contribution is 2.27. The Morgan fingerprint density at radius 2 is 2.08 bits per heavy atom. The molecule has 2 aromatic heterocycles. The van der Waals surface area contributed by atoms with Crippen LogP contribution >= 0.6 is 15.9 Å². The number of ether oxygens (including phenoxy) is 1. The summed E-state index contributed by atoms with van der Waals surface area (Å²) >= 11 is 3.47. The molecule has 1 aromatic carbocycles. The van der Waals surface area contributed by atoms with E-state index in [2.05, 4.69) is 56.2 Å². The fraction of sp³-hybridized carbons (Fsp3) is 0.353. The van der Waals surface area contributed by atoms with Crippen molar-refractivity contribution in [2.24, 2.45) is 7.05 Å². The molecule has 1 unspecified atom stereocenters. The summed E-state index contributed by atoms with van der Waals surface area (Å²) < 4.78 is 8.59. The lowest BCUT2D eigenvalue weighted by Crippen LogP contribution is -2.26. The Morgan fingerprint density at radius 3 is 2.83 bits per heavy atom. The molecule has 0 fully saturated rings. The van der Waals surface area contributed by atoms with Crippen LogP contribution in [-0.4, -0.2) is 32.4 Å². The Kier molecular flexibility index (Phi) is 4.99. The van der Waals surface area contributed by atoms with Crippen molar-refractivity contribution in [1.29, 1.82) is 0 Å². The molecule has 2 heterocycles. The number of hydrogen-bond donors (Lipinski definition) is 1. The second-order valence-electron chi connectivity index (χ2n) is 5.63. The van der Waals surface area contributed by atoms with Crippen LogP contribution < -0.4 is 10.1 Å². The van der Waals surface area contributed by atoms with Crippen molar-refractivity contribution in [3.05, 3.63) is 40.8 Å². The average Bonchev–Trinajstić information content (AvgIpc) is 2.88. The van der Waals surface area contributed by atoms with Gasteiger partial charge in [0.05, 0.1) is 11.9 Å². The van der Waals surface area contributed by atoms with E-state index in [1.165, 1.54) is 0 Å². The van der Waals surface area contributed by atoms with E-state index in [-0.39, 0.29) is 6.10 Å². The highest BCUT2D eigenvalue weighted by Gasteiger charge is 2.15. The molecule has 1 atom stereocenters. The van der Waals surface area contributed by atoms with Crippen molar-refractivity contribution in [3.63, 3.8) is 0 Å². The first-order chi connectivity index (χ1) is 11.6. The van der Waals surface area contributed by atoms with Gasteiger partial charge >= 0.3 is 0 Å². The van der Waals surface area contributed by atoms with Crippen LogP contribution in [0.3, 0.4) is 0 Å². The van der Waals surface area contributed by atoms with Gasteiger partial charge in [0.25, 0.3) is 0 Å². The second-order valence-corrected chi connectivity index (χ2v) is 6.38. The highest BCUT2D eigenvalue weighted by atomic mass is 79.9. The molecule has 24 heavy (non-hydrogen) atoms. The van der Waals surface area contributed by atoms with Gasteiger partial charge < -0.3 is 10.1 Å². The molecule has 0 amide bonds.